The van der Waals surface area contributed by atoms with Gasteiger partial charge in [-0.1, -0.05) is 18.2 Å². The van der Waals surface area contributed by atoms with Crippen molar-refractivity contribution in [3.63, 3.8) is 0 Å². The van der Waals surface area contributed by atoms with E-state index in [-0.39, 0.29) is 5.54 Å². The Morgan fingerprint density at radius 2 is 2.18 bits per heavy atom. The fraction of sp³-hybridized carbons (Fsp3) is 0.556. The molecule has 2 nitrogen and oxygen atoms in total. The molecule has 11 heavy (non-hydrogen) atoms. The van der Waals surface area contributed by atoms with Crippen molar-refractivity contribution in [2.45, 2.75) is 31.7 Å². The lowest BCUT2D eigenvalue weighted by Gasteiger charge is -2.21. The van der Waals surface area contributed by atoms with Gasteiger partial charge in [0.2, 0.25) is 0 Å². The van der Waals surface area contributed by atoms with Gasteiger partial charge in [0.1, 0.15) is 0 Å². The van der Waals surface area contributed by atoms with Crippen molar-refractivity contribution < 1.29 is 0 Å². The summed E-state index contributed by atoms with van der Waals surface area (Å²) in [6, 6.07) is 0. The molecule has 0 aromatic heterocycles. The molecule has 0 saturated heterocycles. The van der Waals surface area contributed by atoms with Crippen LogP contribution in [0.4, 0.5) is 0 Å². The Labute approximate surface area is 68.0 Å². The number of hydrogen-bond donors (Lipinski definition) is 2. The molecule has 0 bridgehead atoms. The predicted octanol–water partition coefficient (Wildman–Crippen LogP) is 1.29. The maximum atomic E-state index is 5.93. The van der Waals surface area contributed by atoms with E-state index < -0.39 is 0 Å². The van der Waals surface area contributed by atoms with Crippen molar-refractivity contribution in [2.24, 2.45) is 11.5 Å². The van der Waals surface area contributed by atoms with E-state index in [9.17, 15) is 0 Å². The van der Waals surface area contributed by atoms with E-state index in [0.29, 0.717) is 0 Å². The number of rotatable bonds is 0. The van der Waals surface area contributed by atoms with Crippen molar-refractivity contribution >= 4 is 0 Å². The Morgan fingerprint density at radius 3 is 2.91 bits per heavy atom. The first kappa shape index (κ1) is 8.34. The van der Waals surface area contributed by atoms with E-state index in [1.165, 1.54) is 0 Å². The van der Waals surface area contributed by atoms with Crippen LogP contribution in [0.2, 0.25) is 0 Å². The lowest BCUT2D eigenvalue weighted by Crippen LogP contribution is -2.35. The smallest absolute Gasteiger partial charge is 0.0365 e. The highest BCUT2D eigenvalue weighted by Crippen LogP contribution is 2.15. The average Bonchev–Trinajstić information content (AvgIpc) is 1.82. The number of allylic oxidation sites excluding steroid dienone is 2. The Morgan fingerprint density at radius 1 is 1.45 bits per heavy atom. The molecule has 2 heteroatoms. The third-order valence-corrected chi connectivity index (χ3v) is 1.82. The molecule has 0 aromatic rings. The molecule has 0 fully saturated rings. The van der Waals surface area contributed by atoms with Crippen LogP contribution < -0.4 is 11.5 Å². The largest absolute Gasteiger partial charge is 0.402 e. The Kier molecular flexibility index (Phi) is 2.35. The molecule has 0 saturated carbocycles. The van der Waals surface area contributed by atoms with Crippen LogP contribution >= 0.6 is 0 Å². The van der Waals surface area contributed by atoms with E-state index in [1.807, 2.05) is 13.0 Å². The highest BCUT2D eigenvalue weighted by atomic mass is 14.7. The van der Waals surface area contributed by atoms with Crippen molar-refractivity contribution in [1.82, 2.24) is 0 Å². The molecule has 0 amide bonds. The topological polar surface area (TPSA) is 52.0 Å². The molecule has 1 atom stereocenters. The summed E-state index contributed by atoms with van der Waals surface area (Å²) >= 11 is 0. The second kappa shape index (κ2) is 3.09. The second-order valence-electron chi connectivity index (χ2n) is 3.44. The summed E-state index contributed by atoms with van der Waals surface area (Å²) in [7, 11) is 0. The predicted molar refractivity (Wildman–Crippen MR) is 47.9 cm³/mol. The molecule has 1 aliphatic rings. The highest BCUT2D eigenvalue weighted by molar-refractivity contribution is 5.13. The van der Waals surface area contributed by atoms with Gasteiger partial charge in [-0.2, -0.15) is 0 Å². The van der Waals surface area contributed by atoms with Crippen molar-refractivity contribution in [1.29, 1.82) is 0 Å². The van der Waals surface area contributed by atoms with Crippen LogP contribution in [0.3, 0.4) is 0 Å². The van der Waals surface area contributed by atoms with Gasteiger partial charge < -0.3 is 11.5 Å². The normalized spacial score (nSPS) is 37.1. The summed E-state index contributed by atoms with van der Waals surface area (Å²) < 4.78 is 0. The zero-order valence-electron chi connectivity index (χ0n) is 7.01. The summed E-state index contributed by atoms with van der Waals surface area (Å²) in [5.74, 6) is 0. The number of hydrogen-bond acceptors (Lipinski definition) is 2. The third kappa shape index (κ3) is 2.76. The molecule has 0 radical (unpaired) electrons. The minimum absolute atomic E-state index is 0.249. The van der Waals surface area contributed by atoms with Gasteiger partial charge in [-0.25, -0.2) is 0 Å². The van der Waals surface area contributed by atoms with Gasteiger partial charge in [0.15, 0.2) is 0 Å². The summed E-state index contributed by atoms with van der Waals surface area (Å²) in [5, 5.41) is 0. The fourth-order valence-electron chi connectivity index (χ4n) is 1.29. The maximum Gasteiger partial charge on any atom is 0.0365 e. The summed E-state index contributed by atoms with van der Waals surface area (Å²) in [6.45, 7) is 2.00. The lowest BCUT2D eigenvalue weighted by molar-refractivity contribution is 0.568. The molecule has 0 unspecified atom stereocenters. The van der Waals surface area contributed by atoms with E-state index in [2.05, 4.69) is 12.2 Å². The second-order valence-corrected chi connectivity index (χ2v) is 3.44. The highest BCUT2D eigenvalue weighted by Gasteiger charge is 2.15. The monoisotopic (exact) mass is 152 g/mol. The Hall–Kier alpha value is -0.760. The van der Waals surface area contributed by atoms with Crippen LogP contribution in [0.5, 0.6) is 0 Å². The summed E-state index contributed by atoms with van der Waals surface area (Å²) in [4.78, 5) is 0. The van der Waals surface area contributed by atoms with Gasteiger partial charge in [-0.15, -0.1) is 0 Å². The standard InChI is InChI=1S/C9H16N2/c1-9(11)6-4-2-3-5-8(10)7-9/h4-6H,2-3,7,10-11H2,1H3/b6-4?,8-5+/t9-/m0/s1. The maximum absolute atomic E-state index is 5.93. The van der Waals surface area contributed by atoms with E-state index in [4.69, 9.17) is 11.5 Å². The van der Waals surface area contributed by atoms with Gasteiger partial charge in [-0.05, 0) is 19.8 Å². The minimum atomic E-state index is -0.249. The lowest BCUT2D eigenvalue weighted by atomic mass is 9.94. The molecule has 0 spiro atoms. The quantitative estimate of drug-likeness (QED) is 0.514. The van der Waals surface area contributed by atoms with E-state index in [1.54, 1.807) is 0 Å². The van der Waals surface area contributed by atoms with Crippen LogP contribution in [-0.4, -0.2) is 5.54 Å². The molecule has 0 aliphatic heterocycles. The molecular weight excluding hydrogens is 136 g/mol. The van der Waals surface area contributed by atoms with Crippen LogP contribution in [0.25, 0.3) is 0 Å². The van der Waals surface area contributed by atoms with Gasteiger partial charge >= 0.3 is 0 Å². The Bertz CT molecular complexity index is 190. The number of nitrogens with two attached hydrogens (primary N) is 2. The van der Waals surface area contributed by atoms with Crippen LogP contribution in [0.15, 0.2) is 23.9 Å². The zero-order valence-corrected chi connectivity index (χ0v) is 7.01. The Balaban J connectivity index is 2.69. The average molecular weight is 152 g/mol. The van der Waals surface area contributed by atoms with Crippen LogP contribution in [0, 0.1) is 0 Å². The zero-order chi connectivity index (χ0) is 8.32. The first-order chi connectivity index (χ1) is 5.10. The van der Waals surface area contributed by atoms with Crippen molar-refractivity contribution in [3.8, 4) is 0 Å². The minimum Gasteiger partial charge on any atom is -0.402 e. The molecule has 4 N–H and O–H groups in total. The molecule has 1 rings (SSSR count). The molecule has 1 aliphatic carbocycles. The van der Waals surface area contributed by atoms with Gasteiger partial charge in [0.25, 0.3) is 0 Å². The summed E-state index contributed by atoms with van der Waals surface area (Å²) in [5.41, 5.74) is 12.3. The third-order valence-electron chi connectivity index (χ3n) is 1.82. The molecule has 62 valence electrons. The first-order valence-corrected chi connectivity index (χ1v) is 4.01. The van der Waals surface area contributed by atoms with E-state index >= 15 is 0 Å². The SMILES string of the molecule is C[C@]1(N)C=CCC/C=C(/N)C1. The van der Waals surface area contributed by atoms with Gasteiger partial charge in [0, 0.05) is 17.7 Å². The van der Waals surface area contributed by atoms with Crippen molar-refractivity contribution in [2.75, 3.05) is 0 Å². The van der Waals surface area contributed by atoms with E-state index in [0.717, 1.165) is 25.0 Å². The first-order valence-electron chi connectivity index (χ1n) is 4.01. The van der Waals surface area contributed by atoms with Gasteiger partial charge in [0.05, 0.1) is 0 Å². The molecule has 0 aromatic carbocycles. The van der Waals surface area contributed by atoms with Gasteiger partial charge in [-0.3, -0.25) is 0 Å². The molecule has 0 heterocycles. The van der Waals surface area contributed by atoms with Crippen LogP contribution in [-0.2, 0) is 0 Å². The molecular formula is C9H16N2. The van der Waals surface area contributed by atoms with Crippen LogP contribution in [0.1, 0.15) is 26.2 Å². The fourth-order valence-corrected chi connectivity index (χ4v) is 1.29. The summed E-state index contributed by atoms with van der Waals surface area (Å²) in [6.07, 6.45) is 9.10. The van der Waals surface area contributed by atoms with Crippen molar-refractivity contribution in [3.05, 3.63) is 23.9 Å².